The third-order valence-electron chi connectivity index (χ3n) is 9.23. The number of hydrogen-bond donors (Lipinski definition) is 2. The van der Waals surface area contributed by atoms with Crippen molar-refractivity contribution in [1.82, 2.24) is 30.2 Å². The molecule has 2 fully saturated rings. The lowest BCUT2D eigenvalue weighted by atomic mass is 10.0. The van der Waals surface area contributed by atoms with Crippen LogP contribution in [0.2, 0.25) is 0 Å². The minimum absolute atomic E-state index is 0.243. The standard InChI is InChI=1S/C34H43F3N6OS/c35-34(36,37)29-10-9-26(22-31(29)45-21-15-39-23-25-6-2-1-3-7-25)33-28-24-38-14-11-30(28)43(40-33)18-5-16-41-19-12-27(13-20-41)42-17-4-8-32(42)44/h1-3,6-7,9-10,22,27,38-39H,4-5,8,11-21,23-24H2. The van der Waals surface area contributed by atoms with E-state index < -0.39 is 11.7 Å². The van der Waals surface area contributed by atoms with E-state index in [-0.39, 0.29) is 4.90 Å². The highest BCUT2D eigenvalue weighted by molar-refractivity contribution is 7.99. The number of carbonyl (C=O) groups excluding carboxylic acids is 1. The number of benzene rings is 2. The second-order valence-electron chi connectivity index (χ2n) is 12.3. The number of aromatic nitrogens is 2. The van der Waals surface area contributed by atoms with Gasteiger partial charge in [-0.2, -0.15) is 18.3 Å². The lowest BCUT2D eigenvalue weighted by Gasteiger charge is -2.36. The molecule has 1 aromatic heterocycles. The summed E-state index contributed by atoms with van der Waals surface area (Å²) in [5.41, 5.74) is 4.36. The van der Waals surface area contributed by atoms with E-state index in [1.54, 1.807) is 12.1 Å². The highest BCUT2D eigenvalue weighted by Crippen LogP contribution is 2.40. The normalized spacial score (nSPS) is 18.1. The molecule has 3 aromatic rings. The number of aryl methyl sites for hydroxylation is 1. The molecule has 2 aromatic carbocycles. The van der Waals surface area contributed by atoms with Crippen LogP contribution in [0.4, 0.5) is 13.2 Å². The summed E-state index contributed by atoms with van der Waals surface area (Å²) in [7, 11) is 0. The monoisotopic (exact) mass is 640 g/mol. The van der Waals surface area contributed by atoms with E-state index in [2.05, 4.69) is 25.1 Å². The van der Waals surface area contributed by atoms with Gasteiger partial charge in [-0.25, -0.2) is 0 Å². The van der Waals surface area contributed by atoms with Crippen molar-refractivity contribution in [3.8, 4) is 11.3 Å². The molecule has 6 rings (SSSR count). The van der Waals surface area contributed by atoms with Crippen LogP contribution in [0.1, 0.15) is 54.5 Å². The summed E-state index contributed by atoms with van der Waals surface area (Å²) in [4.78, 5) is 17.0. The number of nitrogens with zero attached hydrogens (tertiary/aromatic N) is 4. The van der Waals surface area contributed by atoms with Gasteiger partial charge in [0, 0.05) is 98.7 Å². The Balaban J connectivity index is 1.09. The van der Waals surface area contributed by atoms with Crippen molar-refractivity contribution < 1.29 is 18.0 Å². The SMILES string of the molecule is O=C1CCCN1C1CCN(CCCn2nc(-c3ccc(C(F)(F)F)c(SCCNCc4ccccc4)c3)c3c2CCNC3)CC1. The van der Waals surface area contributed by atoms with Crippen LogP contribution < -0.4 is 10.6 Å². The zero-order valence-electron chi connectivity index (χ0n) is 25.7. The Labute approximate surface area is 267 Å². The predicted octanol–water partition coefficient (Wildman–Crippen LogP) is 5.57. The Kier molecular flexibility index (Phi) is 10.5. The van der Waals surface area contributed by atoms with E-state index in [9.17, 15) is 18.0 Å². The summed E-state index contributed by atoms with van der Waals surface area (Å²) in [6.07, 6.45) is 1.16. The molecule has 0 spiro atoms. The van der Waals surface area contributed by atoms with Gasteiger partial charge in [-0.15, -0.1) is 11.8 Å². The van der Waals surface area contributed by atoms with Crippen LogP contribution in [-0.4, -0.2) is 76.6 Å². The number of amides is 1. The quantitative estimate of drug-likeness (QED) is 0.199. The molecular formula is C34H43F3N6OS. The van der Waals surface area contributed by atoms with E-state index in [1.807, 2.05) is 30.3 Å². The van der Waals surface area contributed by atoms with E-state index in [0.29, 0.717) is 43.8 Å². The first-order valence-electron chi connectivity index (χ1n) is 16.3. The molecule has 11 heteroatoms. The molecule has 1 amide bonds. The van der Waals surface area contributed by atoms with Gasteiger partial charge < -0.3 is 20.4 Å². The van der Waals surface area contributed by atoms with Crippen molar-refractivity contribution in [2.75, 3.05) is 45.0 Å². The third kappa shape index (κ3) is 7.93. The zero-order chi connectivity index (χ0) is 31.2. The van der Waals surface area contributed by atoms with Gasteiger partial charge in [0.25, 0.3) is 0 Å². The van der Waals surface area contributed by atoms with Crippen LogP contribution >= 0.6 is 11.8 Å². The first kappa shape index (κ1) is 32.1. The number of piperidine rings is 1. The number of fused-ring (bicyclic) bond motifs is 1. The lowest BCUT2D eigenvalue weighted by molar-refractivity contribution is -0.139. The Morgan fingerprint density at radius 1 is 1.02 bits per heavy atom. The van der Waals surface area contributed by atoms with Crippen LogP contribution in [0, 0.1) is 0 Å². The number of thioether (sulfide) groups is 1. The second kappa shape index (κ2) is 14.7. The van der Waals surface area contributed by atoms with Crippen molar-refractivity contribution >= 4 is 17.7 Å². The smallest absolute Gasteiger partial charge is 0.340 e. The van der Waals surface area contributed by atoms with Gasteiger partial charge in [0.15, 0.2) is 0 Å². The van der Waals surface area contributed by atoms with Crippen molar-refractivity contribution in [2.45, 2.75) is 75.3 Å². The van der Waals surface area contributed by atoms with Gasteiger partial charge in [0.1, 0.15) is 0 Å². The van der Waals surface area contributed by atoms with Crippen molar-refractivity contribution in [2.24, 2.45) is 0 Å². The van der Waals surface area contributed by atoms with E-state index in [1.165, 1.54) is 23.5 Å². The minimum atomic E-state index is -4.42. The van der Waals surface area contributed by atoms with Crippen LogP contribution in [-0.2, 0) is 37.0 Å². The molecule has 0 bridgehead atoms. The molecule has 2 N–H and O–H groups in total. The number of alkyl halides is 3. The van der Waals surface area contributed by atoms with Crippen LogP contribution in [0.3, 0.4) is 0 Å². The number of rotatable bonds is 12. The van der Waals surface area contributed by atoms with Gasteiger partial charge in [0.2, 0.25) is 5.91 Å². The highest BCUT2D eigenvalue weighted by atomic mass is 32.2. The average molecular weight is 641 g/mol. The molecular weight excluding hydrogens is 597 g/mol. The molecule has 4 heterocycles. The minimum Gasteiger partial charge on any atom is -0.340 e. The largest absolute Gasteiger partial charge is 0.417 e. The summed E-state index contributed by atoms with van der Waals surface area (Å²) >= 11 is 1.24. The van der Waals surface area contributed by atoms with Gasteiger partial charge >= 0.3 is 6.18 Å². The maximum atomic E-state index is 14.0. The predicted molar refractivity (Wildman–Crippen MR) is 172 cm³/mol. The zero-order valence-corrected chi connectivity index (χ0v) is 26.6. The number of hydrogen-bond acceptors (Lipinski definition) is 6. The van der Waals surface area contributed by atoms with Crippen LogP contribution in [0.25, 0.3) is 11.3 Å². The van der Waals surface area contributed by atoms with Crippen molar-refractivity contribution in [1.29, 1.82) is 0 Å². The van der Waals surface area contributed by atoms with Gasteiger partial charge in [-0.3, -0.25) is 9.48 Å². The second-order valence-corrected chi connectivity index (χ2v) is 13.4. The van der Waals surface area contributed by atoms with Crippen LogP contribution in [0.15, 0.2) is 53.4 Å². The average Bonchev–Trinajstić information content (AvgIpc) is 3.65. The summed E-state index contributed by atoms with van der Waals surface area (Å²) in [5, 5.41) is 11.8. The molecule has 3 aliphatic rings. The van der Waals surface area contributed by atoms with E-state index in [0.717, 1.165) is 93.8 Å². The maximum absolute atomic E-state index is 14.0. The fourth-order valence-corrected chi connectivity index (χ4v) is 7.89. The molecule has 0 aliphatic carbocycles. The molecule has 0 saturated carbocycles. The topological polar surface area (TPSA) is 65.4 Å². The number of halogens is 3. The Bertz CT molecular complexity index is 1440. The first-order valence-corrected chi connectivity index (χ1v) is 17.3. The molecule has 3 aliphatic heterocycles. The fourth-order valence-electron chi connectivity index (χ4n) is 6.88. The third-order valence-corrected chi connectivity index (χ3v) is 10.3. The van der Waals surface area contributed by atoms with E-state index >= 15 is 0 Å². The van der Waals surface area contributed by atoms with Crippen LogP contribution in [0.5, 0.6) is 0 Å². The van der Waals surface area contributed by atoms with Crippen molar-refractivity contribution in [3.63, 3.8) is 0 Å². The summed E-state index contributed by atoms with van der Waals surface area (Å²) < 4.78 is 44.1. The fraction of sp³-hybridized carbons (Fsp3) is 0.529. The van der Waals surface area contributed by atoms with E-state index in [4.69, 9.17) is 5.10 Å². The molecule has 242 valence electrons. The van der Waals surface area contributed by atoms with Crippen molar-refractivity contribution in [3.05, 3.63) is 70.9 Å². The molecule has 45 heavy (non-hydrogen) atoms. The molecule has 0 radical (unpaired) electrons. The summed E-state index contributed by atoms with van der Waals surface area (Å²) in [6, 6.07) is 14.9. The maximum Gasteiger partial charge on any atom is 0.417 e. The molecule has 7 nitrogen and oxygen atoms in total. The lowest BCUT2D eigenvalue weighted by Crippen LogP contribution is -2.45. The van der Waals surface area contributed by atoms with Gasteiger partial charge in [0.05, 0.1) is 11.3 Å². The number of nitrogens with one attached hydrogen (secondary N) is 2. The first-order chi connectivity index (χ1) is 21.9. The Morgan fingerprint density at radius 2 is 1.84 bits per heavy atom. The number of likely N-dealkylation sites (tertiary alicyclic amines) is 2. The van der Waals surface area contributed by atoms with Gasteiger partial charge in [-0.1, -0.05) is 36.4 Å². The summed E-state index contributed by atoms with van der Waals surface area (Å²) in [5.74, 6) is 0.843. The molecule has 0 unspecified atom stereocenters. The highest BCUT2D eigenvalue weighted by Gasteiger charge is 2.34. The molecule has 2 saturated heterocycles. The number of carbonyl (C=O) groups is 1. The molecule has 0 atom stereocenters. The Hall–Kier alpha value is -2.86. The Morgan fingerprint density at radius 3 is 2.60 bits per heavy atom. The summed E-state index contributed by atoms with van der Waals surface area (Å²) in [6.45, 7) is 7.50. The van der Waals surface area contributed by atoms with Gasteiger partial charge in [-0.05, 0) is 49.9 Å².